The Labute approximate surface area is 195 Å². The van der Waals surface area contributed by atoms with Crippen LogP contribution in [0.2, 0.25) is 5.02 Å². The van der Waals surface area contributed by atoms with Gasteiger partial charge in [0.15, 0.2) is 11.5 Å². The average Bonchev–Trinajstić information content (AvgIpc) is 2.74. The van der Waals surface area contributed by atoms with Crippen molar-refractivity contribution in [3.05, 3.63) is 92.0 Å². The van der Waals surface area contributed by atoms with Crippen LogP contribution >= 0.6 is 34.2 Å². The van der Waals surface area contributed by atoms with Crippen molar-refractivity contribution in [1.82, 2.24) is 0 Å². The Morgan fingerprint density at radius 2 is 1.83 bits per heavy atom. The molecule has 0 saturated heterocycles. The Hall–Kier alpha value is -2.51. The standard InChI is InChI=1S/C24H21ClINO3/c1-16-13-20(26)9-10-21(16)27-24(28)12-6-17-5-11-22(23(14-17)29-2)30-15-18-3-7-19(25)8-4-18/h3-14H,15H2,1-2H3,(H,27,28). The Kier molecular flexibility index (Phi) is 7.76. The molecule has 0 aromatic heterocycles. The maximum atomic E-state index is 12.3. The topological polar surface area (TPSA) is 47.6 Å². The molecule has 3 aromatic carbocycles. The molecule has 4 nitrogen and oxygen atoms in total. The average molecular weight is 534 g/mol. The van der Waals surface area contributed by atoms with Gasteiger partial charge in [-0.3, -0.25) is 4.79 Å². The van der Waals surface area contributed by atoms with Crippen molar-refractivity contribution in [2.24, 2.45) is 0 Å². The zero-order chi connectivity index (χ0) is 21.5. The maximum Gasteiger partial charge on any atom is 0.248 e. The SMILES string of the molecule is COc1cc(C=CC(=O)Nc2ccc(I)cc2C)ccc1OCc1ccc(Cl)cc1. The predicted octanol–water partition coefficient (Wildman–Crippen LogP) is 6.49. The van der Waals surface area contributed by atoms with E-state index in [0.29, 0.717) is 23.1 Å². The normalized spacial score (nSPS) is 10.8. The summed E-state index contributed by atoms with van der Waals surface area (Å²) in [4.78, 5) is 12.3. The third-order valence-corrected chi connectivity index (χ3v) is 5.29. The molecule has 0 aliphatic carbocycles. The molecule has 0 heterocycles. The number of halogens is 2. The van der Waals surface area contributed by atoms with Crippen molar-refractivity contribution in [3.63, 3.8) is 0 Å². The smallest absolute Gasteiger partial charge is 0.248 e. The molecule has 0 aliphatic rings. The van der Waals surface area contributed by atoms with Crippen molar-refractivity contribution < 1.29 is 14.3 Å². The zero-order valence-corrected chi connectivity index (χ0v) is 19.5. The van der Waals surface area contributed by atoms with Gasteiger partial charge in [0, 0.05) is 20.4 Å². The van der Waals surface area contributed by atoms with Gasteiger partial charge < -0.3 is 14.8 Å². The van der Waals surface area contributed by atoms with E-state index in [1.165, 1.54) is 6.08 Å². The number of benzene rings is 3. The van der Waals surface area contributed by atoms with E-state index in [9.17, 15) is 4.79 Å². The van der Waals surface area contributed by atoms with Gasteiger partial charge >= 0.3 is 0 Å². The summed E-state index contributed by atoms with van der Waals surface area (Å²) in [6.45, 7) is 2.37. The van der Waals surface area contributed by atoms with Crippen molar-refractivity contribution >= 4 is 51.9 Å². The van der Waals surface area contributed by atoms with E-state index in [4.69, 9.17) is 21.1 Å². The van der Waals surface area contributed by atoms with Gasteiger partial charge in [0.25, 0.3) is 0 Å². The van der Waals surface area contributed by atoms with Gasteiger partial charge in [-0.2, -0.15) is 0 Å². The summed E-state index contributed by atoms with van der Waals surface area (Å²) in [5.74, 6) is 1.03. The number of aryl methyl sites for hydroxylation is 1. The highest BCUT2D eigenvalue weighted by molar-refractivity contribution is 14.1. The molecule has 0 bridgehead atoms. The highest BCUT2D eigenvalue weighted by Gasteiger charge is 2.07. The molecule has 30 heavy (non-hydrogen) atoms. The van der Waals surface area contributed by atoms with Gasteiger partial charge in [0.2, 0.25) is 5.91 Å². The fourth-order valence-corrected chi connectivity index (χ4v) is 3.54. The van der Waals surface area contributed by atoms with Crippen LogP contribution in [0.25, 0.3) is 6.08 Å². The number of hydrogen-bond donors (Lipinski definition) is 1. The van der Waals surface area contributed by atoms with E-state index < -0.39 is 0 Å². The Balaban J connectivity index is 1.64. The fourth-order valence-electron chi connectivity index (χ4n) is 2.76. The molecule has 0 unspecified atom stereocenters. The largest absolute Gasteiger partial charge is 0.493 e. The molecule has 3 rings (SSSR count). The van der Waals surface area contributed by atoms with Gasteiger partial charge in [-0.25, -0.2) is 0 Å². The van der Waals surface area contributed by atoms with Gasteiger partial charge in [-0.05, 0) is 94.7 Å². The van der Waals surface area contributed by atoms with E-state index in [0.717, 1.165) is 25.9 Å². The third kappa shape index (κ3) is 6.24. The molecule has 1 N–H and O–H groups in total. The van der Waals surface area contributed by atoms with Crippen LogP contribution in [0.5, 0.6) is 11.5 Å². The minimum Gasteiger partial charge on any atom is -0.493 e. The van der Waals surface area contributed by atoms with Gasteiger partial charge in [0.05, 0.1) is 7.11 Å². The minimum atomic E-state index is -0.193. The second-order valence-electron chi connectivity index (χ2n) is 6.61. The van der Waals surface area contributed by atoms with E-state index in [1.807, 2.05) is 67.6 Å². The van der Waals surface area contributed by atoms with Crippen LogP contribution in [-0.2, 0) is 11.4 Å². The number of hydrogen-bond acceptors (Lipinski definition) is 3. The van der Waals surface area contributed by atoms with Crippen LogP contribution in [0.4, 0.5) is 5.69 Å². The number of nitrogens with one attached hydrogen (secondary N) is 1. The molecule has 0 spiro atoms. The number of carbonyl (C=O) groups is 1. The number of ether oxygens (including phenoxy) is 2. The molecule has 0 radical (unpaired) electrons. The van der Waals surface area contributed by atoms with Gasteiger partial charge in [-0.1, -0.05) is 29.8 Å². The molecule has 0 saturated carbocycles. The molecule has 1 amide bonds. The Bertz CT molecular complexity index is 1060. The highest BCUT2D eigenvalue weighted by Crippen LogP contribution is 2.29. The first kappa shape index (κ1) is 22.2. The summed E-state index contributed by atoms with van der Waals surface area (Å²) in [6.07, 6.45) is 3.24. The lowest BCUT2D eigenvalue weighted by molar-refractivity contribution is -0.111. The Morgan fingerprint density at radius 3 is 2.53 bits per heavy atom. The molecule has 0 aliphatic heterocycles. The fraction of sp³-hybridized carbons (Fsp3) is 0.125. The summed E-state index contributed by atoms with van der Waals surface area (Å²) in [5, 5.41) is 3.58. The van der Waals surface area contributed by atoms with Gasteiger partial charge in [0.1, 0.15) is 6.61 Å². The van der Waals surface area contributed by atoms with Crippen molar-refractivity contribution in [1.29, 1.82) is 0 Å². The summed E-state index contributed by atoms with van der Waals surface area (Å²) in [5.41, 5.74) is 3.66. The van der Waals surface area contributed by atoms with Crippen LogP contribution in [-0.4, -0.2) is 13.0 Å². The first-order valence-corrected chi connectivity index (χ1v) is 10.7. The van der Waals surface area contributed by atoms with Crippen LogP contribution in [0, 0.1) is 10.5 Å². The van der Waals surface area contributed by atoms with Gasteiger partial charge in [-0.15, -0.1) is 0 Å². The quantitative estimate of drug-likeness (QED) is 0.279. The summed E-state index contributed by atoms with van der Waals surface area (Å²) < 4.78 is 12.4. The van der Waals surface area contributed by atoms with Crippen LogP contribution < -0.4 is 14.8 Å². The minimum absolute atomic E-state index is 0.193. The summed E-state index contributed by atoms with van der Waals surface area (Å²) in [6, 6.07) is 18.9. The maximum absolute atomic E-state index is 12.3. The number of rotatable bonds is 7. The molecule has 3 aromatic rings. The van der Waals surface area contributed by atoms with Crippen molar-refractivity contribution in [3.8, 4) is 11.5 Å². The predicted molar refractivity (Wildman–Crippen MR) is 130 cm³/mol. The molecule has 0 atom stereocenters. The second-order valence-corrected chi connectivity index (χ2v) is 8.29. The third-order valence-electron chi connectivity index (χ3n) is 4.37. The lowest BCUT2D eigenvalue weighted by atomic mass is 10.1. The van der Waals surface area contributed by atoms with E-state index in [-0.39, 0.29) is 5.91 Å². The number of anilines is 1. The summed E-state index contributed by atoms with van der Waals surface area (Å²) in [7, 11) is 1.59. The monoisotopic (exact) mass is 533 g/mol. The number of methoxy groups -OCH3 is 1. The first-order valence-electron chi connectivity index (χ1n) is 9.25. The summed E-state index contributed by atoms with van der Waals surface area (Å²) >= 11 is 8.15. The molecule has 6 heteroatoms. The van der Waals surface area contributed by atoms with Crippen LogP contribution in [0.3, 0.4) is 0 Å². The van der Waals surface area contributed by atoms with E-state index >= 15 is 0 Å². The van der Waals surface area contributed by atoms with E-state index in [2.05, 4.69) is 27.9 Å². The van der Waals surface area contributed by atoms with Crippen molar-refractivity contribution in [2.45, 2.75) is 13.5 Å². The molecular formula is C24H21ClINO3. The lowest BCUT2D eigenvalue weighted by Gasteiger charge is -2.11. The van der Waals surface area contributed by atoms with Crippen LogP contribution in [0.1, 0.15) is 16.7 Å². The second kappa shape index (κ2) is 10.5. The van der Waals surface area contributed by atoms with E-state index in [1.54, 1.807) is 13.2 Å². The zero-order valence-electron chi connectivity index (χ0n) is 16.6. The molecule has 154 valence electrons. The highest BCUT2D eigenvalue weighted by atomic mass is 127. The lowest BCUT2D eigenvalue weighted by Crippen LogP contribution is -2.08. The number of carbonyl (C=O) groups excluding carboxylic acids is 1. The Morgan fingerprint density at radius 1 is 1.07 bits per heavy atom. The molecule has 0 fully saturated rings. The van der Waals surface area contributed by atoms with Crippen molar-refractivity contribution in [2.75, 3.05) is 12.4 Å². The molecular weight excluding hydrogens is 513 g/mol. The first-order chi connectivity index (χ1) is 14.4. The number of amides is 1. The van der Waals surface area contributed by atoms with Crippen LogP contribution in [0.15, 0.2) is 66.7 Å².